The highest BCUT2D eigenvalue weighted by Gasteiger charge is 2.18. The lowest BCUT2D eigenvalue weighted by Gasteiger charge is -2.12. The first-order valence-electron chi connectivity index (χ1n) is 5.64. The molecule has 6 nitrogen and oxygen atoms in total. The molecule has 17 heavy (non-hydrogen) atoms. The second-order valence-electron chi connectivity index (χ2n) is 3.76. The largest absolute Gasteiger partial charge is 0.397 e. The van der Waals surface area contributed by atoms with Crippen molar-refractivity contribution in [1.29, 1.82) is 0 Å². The third-order valence-electron chi connectivity index (χ3n) is 2.36. The van der Waals surface area contributed by atoms with Gasteiger partial charge in [0.25, 0.3) is 5.56 Å². The number of rotatable bonds is 1. The van der Waals surface area contributed by atoms with Gasteiger partial charge in [0, 0.05) is 25.0 Å². The van der Waals surface area contributed by atoms with E-state index in [0.717, 1.165) is 12.8 Å². The minimum atomic E-state index is -0.396. The molecule has 96 valence electrons. The van der Waals surface area contributed by atoms with E-state index in [1.165, 1.54) is 4.57 Å². The van der Waals surface area contributed by atoms with Crippen LogP contribution in [0.15, 0.2) is 15.8 Å². The monoisotopic (exact) mass is 242 g/mol. The van der Waals surface area contributed by atoms with Crippen molar-refractivity contribution in [3.8, 4) is 0 Å². The van der Waals surface area contributed by atoms with Crippen LogP contribution in [0.3, 0.4) is 0 Å². The number of nitrogens with one attached hydrogen (secondary N) is 1. The van der Waals surface area contributed by atoms with E-state index in [2.05, 4.69) is 4.98 Å². The molecule has 1 fully saturated rings. The summed E-state index contributed by atoms with van der Waals surface area (Å²) in [6.07, 6.45) is 3.12. The Labute approximate surface area is 98.9 Å². The van der Waals surface area contributed by atoms with E-state index in [-0.39, 0.29) is 18.4 Å². The Kier molecular flexibility index (Phi) is 5.11. The summed E-state index contributed by atoms with van der Waals surface area (Å²) in [7, 11) is 0. The number of hydrogen-bond donors (Lipinski definition) is 2. The zero-order valence-corrected chi connectivity index (χ0v) is 10.1. The fourth-order valence-corrected chi connectivity index (χ4v) is 1.58. The summed E-state index contributed by atoms with van der Waals surface area (Å²) >= 11 is 0. The molecule has 1 atom stereocenters. The van der Waals surface area contributed by atoms with Gasteiger partial charge < -0.3 is 9.84 Å². The fourth-order valence-electron chi connectivity index (χ4n) is 1.58. The number of ether oxygens (including phenoxy) is 1. The molecule has 0 aromatic carbocycles. The van der Waals surface area contributed by atoms with Crippen molar-refractivity contribution in [2.45, 2.75) is 32.9 Å². The Hall–Kier alpha value is -1.40. The van der Waals surface area contributed by atoms with Crippen LogP contribution < -0.4 is 11.2 Å². The first-order valence-corrected chi connectivity index (χ1v) is 5.64. The third-order valence-corrected chi connectivity index (χ3v) is 2.36. The third kappa shape index (κ3) is 3.54. The number of aliphatic hydroxyl groups is 1. The summed E-state index contributed by atoms with van der Waals surface area (Å²) in [5.74, 6) is 0. The van der Waals surface area contributed by atoms with Crippen LogP contribution in [-0.2, 0) is 4.74 Å². The SMILES string of the molecule is CCO.Cc1cn([C@@H]2CCCO2)c(=O)[nH]c1=O. The molecule has 0 unspecified atom stereocenters. The molecule has 2 rings (SSSR count). The molecule has 0 amide bonds. The van der Waals surface area contributed by atoms with Gasteiger partial charge >= 0.3 is 5.69 Å². The van der Waals surface area contributed by atoms with Crippen LogP contribution in [0, 0.1) is 6.92 Å². The predicted octanol–water partition coefficient (Wildman–Crippen LogP) is 0.153. The number of nitrogens with zero attached hydrogens (tertiary/aromatic N) is 1. The Morgan fingerprint density at radius 3 is 2.76 bits per heavy atom. The Morgan fingerprint density at radius 2 is 2.24 bits per heavy atom. The van der Waals surface area contributed by atoms with Gasteiger partial charge in [-0.2, -0.15) is 0 Å². The first kappa shape index (κ1) is 13.7. The van der Waals surface area contributed by atoms with Gasteiger partial charge in [0.1, 0.15) is 6.23 Å². The molecule has 1 aliphatic rings. The number of H-pyrrole nitrogens is 1. The lowest BCUT2D eigenvalue weighted by atomic mass is 10.3. The molecule has 0 aliphatic carbocycles. The quantitative estimate of drug-likeness (QED) is 0.734. The highest BCUT2D eigenvalue weighted by atomic mass is 16.5. The van der Waals surface area contributed by atoms with Crippen LogP contribution in [0.5, 0.6) is 0 Å². The summed E-state index contributed by atoms with van der Waals surface area (Å²) in [6.45, 7) is 4.28. The second-order valence-corrected chi connectivity index (χ2v) is 3.76. The van der Waals surface area contributed by atoms with Crippen molar-refractivity contribution in [3.05, 3.63) is 32.6 Å². The lowest BCUT2D eigenvalue weighted by Crippen LogP contribution is -2.33. The normalized spacial score (nSPS) is 18.6. The highest BCUT2D eigenvalue weighted by Crippen LogP contribution is 2.20. The number of aryl methyl sites for hydroxylation is 1. The predicted molar refractivity (Wildman–Crippen MR) is 63.0 cm³/mol. The standard InChI is InChI=1S/C9H12N2O3.C2H6O/c1-6-5-11(7-3-2-4-14-7)9(13)10-8(6)12;1-2-3/h5,7H,2-4H2,1H3,(H,10,12,13);3H,2H2,1H3/t7-;/m0./s1. The van der Waals surface area contributed by atoms with Crippen LogP contribution in [-0.4, -0.2) is 27.9 Å². The topological polar surface area (TPSA) is 84.3 Å². The molecular weight excluding hydrogens is 224 g/mol. The Morgan fingerprint density at radius 1 is 1.59 bits per heavy atom. The van der Waals surface area contributed by atoms with Crippen LogP contribution in [0.4, 0.5) is 0 Å². The maximum absolute atomic E-state index is 11.4. The average Bonchev–Trinajstić information content (AvgIpc) is 2.78. The molecule has 0 spiro atoms. The molecule has 1 saturated heterocycles. The van der Waals surface area contributed by atoms with Crippen molar-refractivity contribution < 1.29 is 9.84 Å². The summed E-state index contributed by atoms with van der Waals surface area (Å²) < 4.78 is 6.80. The number of aliphatic hydroxyl groups excluding tert-OH is 1. The van der Waals surface area contributed by atoms with Crippen LogP contribution in [0.1, 0.15) is 31.6 Å². The van der Waals surface area contributed by atoms with Gasteiger partial charge in [-0.25, -0.2) is 4.79 Å². The van der Waals surface area contributed by atoms with Crippen molar-refractivity contribution in [2.75, 3.05) is 13.2 Å². The maximum Gasteiger partial charge on any atom is 0.330 e. The maximum atomic E-state index is 11.4. The molecule has 2 heterocycles. The summed E-state index contributed by atoms with van der Waals surface area (Å²) in [6, 6.07) is 0. The van der Waals surface area contributed by atoms with Crippen LogP contribution in [0.2, 0.25) is 0 Å². The van der Waals surface area contributed by atoms with Crippen molar-refractivity contribution in [2.24, 2.45) is 0 Å². The van der Waals surface area contributed by atoms with Crippen molar-refractivity contribution >= 4 is 0 Å². The fraction of sp³-hybridized carbons (Fsp3) is 0.636. The van der Waals surface area contributed by atoms with Crippen LogP contribution in [0.25, 0.3) is 0 Å². The van der Waals surface area contributed by atoms with Gasteiger partial charge in [0.15, 0.2) is 0 Å². The molecule has 6 heteroatoms. The van der Waals surface area contributed by atoms with E-state index in [1.807, 2.05) is 0 Å². The molecular formula is C11H18N2O4. The first-order chi connectivity index (χ1) is 8.10. The number of hydrogen-bond acceptors (Lipinski definition) is 4. The zero-order chi connectivity index (χ0) is 12.8. The van der Waals surface area contributed by atoms with Crippen LogP contribution >= 0.6 is 0 Å². The smallest absolute Gasteiger partial charge is 0.330 e. The summed E-state index contributed by atoms with van der Waals surface area (Å²) in [5.41, 5.74) is -0.197. The second kappa shape index (κ2) is 6.36. The van der Waals surface area contributed by atoms with E-state index in [4.69, 9.17) is 9.84 Å². The van der Waals surface area contributed by atoms with Gasteiger partial charge in [-0.05, 0) is 26.7 Å². The van der Waals surface area contributed by atoms with E-state index in [0.29, 0.717) is 12.2 Å². The zero-order valence-electron chi connectivity index (χ0n) is 10.1. The highest BCUT2D eigenvalue weighted by molar-refractivity contribution is 5.01. The molecule has 1 aliphatic heterocycles. The molecule has 0 radical (unpaired) electrons. The number of aromatic nitrogens is 2. The lowest BCUT2D eigenvalue weighted by molar-refractivity contribution is 0.0524. The van der Waals surface area contributed by atoms with Gasteiger partial charge in [0.2, 0.25) is 0 Å². The minimum absolute atomic E-state index is 0.210. The number of aromatic amines is 1. The van der Waals surface area contributed by atoms with Gasteiger partial charge in [-0.3, -0.25) is 14.3 Å². The molecule has 1 aromatic heterocycles. The Balaban J connectivity index is 0.000000437. The molecule has 0 saturated carbocycles. The Bertz CT molecular complexity index is 457. The van der Waals surface area contributed by atoms with E-state index < -0.39 is 5.69 Å². The van der Waals surface area contributed by atoms with Crippen molar-refractivity contribution in [1.82, 2.24) is 9.55 Å². The summed E-state index contributed by atoms with van der Waals surface area (Å²) in [4.78, 5) is 24.8. The molecule has 2 N–H and O–H groups in total. The molecule has 0 bridgehead atoms. The van der Waals surface area contributed by atoms with E-state index in [9.17, 15) is 9.59 Å². The summed E-state index contributed by atoms with van der Waals surface area (Å²) in [5, 5.41) is 7.57. The minimum Gasteiger partial charge on any atom is -0.397 e. The van der Waals surface area contributed by atoms with E-state index in [1.54, 1.807) is 20.0 Å². The van der Waals surface area contributed by atoms with E-state index >= 15 is 0 Å². The van der Waals surface area contributed by atoms with Gasteiger partial charge in [0.05, 0.1) is 0 Å². The van der Waals surface area contributed by atoms with Gasteiger partial charge in [-0.1, -0.05) is 0 Å². The van der Waals surface area contributed by atoms with Crippen molar-refractivity contribution in [3.63, 3.8) is 0 Å². The van der Waals surface area contributed by atoms with Gasteiger partial charge in [-0.15, -0.1) is 0 Å². The average molecular weight is 242 g/mol. The molecule has 1 aromatic rings.